The number of aryl methyl sites for hydroxylation is 1. The van der Waals surface area contributed by atoms with Crippen molar-refractivity contribution in [2.45, 2.75) is 13.3 Å². The number of hydrogen-bond donors (Lipinski definition) is 0. The Labute approximate surface area is 127 Å². The number of hydrogen-bond acceptors (Lipinski definition) is 4. The minimum Gasteiger partial charge on any atom is -0.495 e. The standard InChI is InChI=1S/C13H15ClFNO4S/c1-8-3-11(12(20-2)5-10(8)14)16-6-9(4-13(16)17)7-21(15,18)19/h3,5,9H,4,6-7H2,1-2H3. The Morgan fingerprint density at radius 2 is 2.14 bits per heavy atom. The monoisotopic (exact) mass is 335 g/mol. The van der Waals surface area contributed by atoms with E-state index in [4.69, 9.17) is 16.3 Å². The van der Waals surface area contributed by atoms with Gasteiger partial charge in [0.15, 0.2) is 0 Å². The Balaban J connectivity index is 2.31. The molecule has 1 aromatic carbocycles. The number of rotatable bonds is 4. The second-order valence-electron chi connectivity index (χ2n) is 5.05. The van der Waals surface area contributed by atoms with E-state index in [0.717, 1.165) is 5.56 Å². The van der Waals surface area contributed by atoms with Gasteiger partial charge in [0.2, 0.25) is 5.91 Å². The van der Waals surface area contributed by atoms with Gasteiger partial charge in [0.05, 0.1) is 18.6 Å². The van der Waals surface area contributed by atoms with Crippen LogP contribution in [0.2, 0.25) is 5.02 Å². The van der Waals surface area contributed by atoms with E-state index >= 15 is 0 Å². The molecule has 1 fully saturated rings. The van der Waals surface area contributed by atoms with E-state index in [1.807, 2.05) is 0 Å². The van der Waals surface area contributed by atoms with Gasteiger partial charge in [-0.25, -0.2) is 0 Å². The molecule has 0 radical (unpaired) electrons. The predicted molar refractivity (Wildman–Crippen MR) is 78.1 cm³/mol. The number of ether oxygens (including phenoxy) is 1. The third-order valence-corrected chi connectivity index (χ3v) is 4.67. The molecule has 1 saturated heterocycles. The molecule has 0 N–H and O–H groups in total. The number of anilines is 1. The van der Waals surface area contributed by atoms with Gasteiger partial charge in [0, 0.05) is 30.0 Å². The van der Waals surface area contributed by atoms with Crippen LogP contribution in [0.1, 0.15) is 12.0 Å². The molecule has 1 heterocycles. The van der Waals surface area contributed by atoms with Gasteiger partial charge in [-0.1, -0.05) is 11.6 Å². The third-order valence-electron chi connectivity index (χ3n) is 3.39. The lowest BCUT2D eigenvalue weighted by molar-refractivity contribution is -0.117. The molecule has 0 saturated carbocycles. The van der Waals surface area contributed by atoms with Gasteiger partial charge in [-0.15, -0.1) is 3.89 Å². The molecule has 116 valence electrons. The molecule has 0 aromatic heterocycles. The number of methoxy groups -OCH3 is 1. The van der Waals surface area contributed by atoms with Crippen molar-refractivity contribution in [2.24, 2.45) is 5.92 Å². The summed E-state index contributed by atoms with van der Waals surface area (Å²) in [5.41, 5.74) is 1.28. The smallest absolute Gasteiger partial charge is 0.302 e. The summed E-state index contributed by atoms with van der Waals surface area (Å²) in [5.74, 6) is -1.05. The fourth-order valence-electron chi connectivity index (χ4n) is 2.43. The van der Waals surface area contributed by atoms with E-state index in [9.17, 15) is 17.1 Å². The quantitative estimate of drug-likeness (QED) is 0.792. The van der Waals surface area contributed by atoms with E-state index in [-0.39, 0.29) is 18.9 Å². The zero-order valence-electron chi connectivity index (χ0n) is 11.6. The van der Waals surface area contributed by atoms with Gasteiger partial charge in [-0.2, -0.15) is 8.42 Å². The maximum Gasteiger partial charge on any atom is 0.302 e. The summed E-state index contributed by atoms with van der Waals surface area (Å²) in [6.45, 7) is 1.93. The molecule has 0 aliphatic carbocycles. The molecular weight excluding hydrogens is 321 g/mol. The van der Waals surface area contributed by atoms with Crippen LogP contribution in [0, 0.1) is 12.8 Å². The largest absolute Gasteiger partial charge is 0.495 e. The summed E-state index contributed by atoms with van der Waals surface area (Å²) in [7, 11) is -3.15. The normalized spacial score (nSPS) is 19.1. The third kappa shape index (κ3) is 3.65. The van der Waals surface area contributed by atoms with Gasteiger partial charge >= 0.3 is 10.2 Å². The topological polar surface area (TPSA) is 63.7 Å². The van der Waals surface area contributed by atoms with Crippen molar-refractivity contribution in [3.8, 4) is 5.75 Å². The van der Waals surface area contributed by atoms with E-state index < -0.39 is 21.9 Å². The van der Waals surface area contributed by atoms with Crippen molar-refractivity contribution in [1.29, 1.82) is 0 Å². The number of benzene rings is 1. The van der Waals surface area contributed by atoms with Crippen molar-refractivity contribution in [3.05, 3.63) is 22.7 Å². The molecule has 1 aliphatic heterocycles. The van der Waals surface area contributed by atoms with Crippen LogP contribution in [-0.4, -0.2) is 33.7 Å². The number of amides is 1. The summed E-state index contributed by atoms with van der Waals surface area (Å²) in [6.07, 6.45) is -0.00597. The SMILES string of the molecule is COc1cc(Cl)c(C)cc1N1CC(CS(=O)(=O)F)CC1=O. The Bertz CT molecular complexity index is 677. The van der Waals surface area contributed by atoms with Crippen LogP contribution < -0.4 is 9.64 Å². The van der Waals surface area contributed by atoms with Crippen LogP contribution in [0.3, 0.4) is 0 Å². The van der Waals surface area contributed by atoms with Crippen LogP contribution in [0.25, 0.3) is 0 Å². The first-order valence-electron chi connectivity index (χ1n) is 6.28. The maximum atomic E-state index is 12.8. The number of carbonyl (C=O) groups is 1. The average molecular weight is 336 g/mol. The van der Waals surface area contributed by atoms with Gasteiger partial charge in [0.25, 0.3) is 0 Å². The van der Waals surface area contributed by atoms with Gasteiger partial charge in [-0.05, 0) is 18.6 Å². The number of nitrogens with zero attached hydrogens (tertiary/aromatic N) is 1. The second kappa shape index (κ2) is 5.81. The fraction of sp³-hybridized carbons (Fsp3) is 0.462. The van der Waals surface area contributed by atoms with Gasteiger partial charge in [0.1, 0.15) is 5.75 Å². The van der Waals surface area contributed by atoms with Crippen LogP contribution in [0.5, 0.6) is 5.75 Å². The second-order valence-corrected chi connectivity index (χ2v) is 6.87. The van der Waals surface area contributed by atoms with Crippen molar-refractivity contribution in [1.82, 2.24) is 0 Å². The molecule has 1 amide bonds. The molecular formula is C13H15ClFNO4S. The summed E-state index contributed by atoms with van der Waals surface area (Å²) in [4.78, 5) is 13.5. The van der Waals surface area contributed by atoms with E-state index in [2.05, 4.69) is 0 Å². The molecule has 5 nitrogen and oxygen atoms in total. The molecule has 21 heavy (non-hydrogen) atoms. The summed E-state index contributed by atoms with van der Waals surface area (Å²) >= 11 is 6.01. The lowest BCUT2D eigenvalue weighted by Gasteiger charge is -2.20. The minimum absolute atomic E-state index is 0.00597. The van der Waals surface area contributed by atoms with Crippen molar-refractivity contribution in [2.75, 3.05) is 24.3 Å². The molecule has 1 aliphatic rings. The summed E-state index contributed by atoms with van der Waals surface area (Å²) in [5, 5.41) is 0.505. The lowest BCUT2D eigenvalue weighted by Crippen LogP contribution is -2.26. The minimum atomic E-state index is -4.60. The highest BCUT2D eigenvalue weighted by molar-refractivity contribution is 7.86. The van der Waals surface area contributed by atoms with Crippen LogP contribution in [-0.2, 0) is 15.0 Å². The molecule has 1 unspecified atom stereocenters. The predicted octanol–water partition coefficient (Wildman–Crippen LogP) is 2.31. The Hall–Kier alpha value is -1.34. The van der Waals surface area contributed by atoms with Crippen molar-refractivity contribution in [3.63, 3.8) is 0 Å². The van der Waals surface area contributed by atoms with E-state index in [1.54, 1.807) is 19.1 Å². The highest BCUT2D eigenvalue weighted by atomic mass is 35.5. The van der Waals surface area contributed by atoms with Crippen LogP contribution >= 0.6 is 11.6 Å². The Morgan fingerprint density at radius 1 is 1.48 bits per heavy atom. The molecule has 8 heteroatoms. The van der Waals surface area contributed by atoms with Crippen LogP contribution in [0.15, 0.2) is 12.1 Å². The van der Waals surface area contributed by atoms with Crippen molar-refractivity contribution >= 4 is 33.4 Å². The van der Waals surface area contributed by atoms with Gasteiger partial charge in [-0.3, -0.25) is 4.79 Å². The first-order chi connectivity index (χ1) is 9.71. The Kier molecular flexibility index (Phi) is 4.43. The molecule has 1 atom stereocenters. The number of carbonyl (C=O) groups excluding carboxylic acids is 1. The Morgan fingerprint density at radius 3 is 2.71 bits per heavy atom. The number of halogens is 2. The molecule has 1 aromatic rings. The molecule has 2 rings (SSSR count). The summed E-state index contributed by atoms with van der Waals surface area (Å²) in [6, 6.07) is 3.30. The molecule has 0 spiro atoms. The van der Waals surface area contributed by atoms with Gasteiger partial charge < -0.3 is 9.64 Å². The van der Waals surface area contributed by atoms with Crippen LogP contribution in [0.4, 0.5) is 9.57 Å². The van der Waals surface area contributed by atoms with E-state index in [1.165, 1.54) is 12.0 Å². The first kappa shape index (κ1) is 16.0. The summed E-state index contributed by atoms with van der Waals surface area (Å²) < 4.78 is 39.4. The first-order valence-corrected chi connectivity index (χ1v) is 8.21. The molecule has 0 bridgehead atoms. The average Bonchev–Trinajstić information content (AvgIpc) is 2.70. The van der Waals surface area contributed by atoms with Crippen molar-refractivity contribution < 1.29 is 21.8 Å². The highest BCUT2D eigenvalue weighted by Crippen LogP contribution is 2.37. The zero-order valence-corrected chi connectivity index (χ0v) is 13.2. The van der Waals surface area contributed by atoms with E-state index in [0.29, 0.717) is 16.5 Å². The zero-order chi connectivity index (χ0) is 15.8. The maximum absolute atomic E-state index is 12.8. The lowest BCUT2D eigenvalue weighted by atomic mass is 10.1. The highest BCUT2D eigenvalue weighted by Gasteiger charge is 2.35. The fourth-order valence-corrected chi connectivity index (χ4v) is 3.37.